The highest BCUT2D eigenvalue weighted by molar-refractivity contribution is 6.35. The number of nitrogens with zero attached hydrogens (tertiary/aromatic N) is 16. The maximum Gasteiger partial charge on any atom is 0.283 e. The summed E-state index contributed by atoms with van der Waals surface area (Å²) in [7, 11) is 1.55. The van der Waals surface area contributed by atoms with E-state index in [0.717, 1.165) is 28.1 Å². The van der Waals surface area contributed by atoms with E-state index >= 15 is 13.2 Å². The second-order valence-electron chi connectivity index (χ2n) is 35.1. The standard InChI is InChI=1S/C33H33ClFN7O3.C33H34ClFN6O2.C32H31ClFN7O3/c1-7-24(43)40-15-23-32(44)39(6)30-29(41(23)14-18(40)5)19-13-20(34)27(25-21(35)9-8-10-22(25)36)38-31(19)42(33(30)45)28-17(4)11-12-37-26(28)16(2)3;1-6-26(42)39-16-20-10-11-21-31(40(20)15-19(39)5)22-14-23(34)29(27-24(35)8-7-9-25(27)36)38-32(22)41(33(21)43)30-18(4)12-13-37-28(30)17(2)3;1-6-23(42)39-14-22-31(43)38-27-29(40(22)13-17(39)5)18-12-19(33)26(24-20(34)8-7-9-21(24)35)37-30(18)41(32(27)44)28-16(4)10-11-36-25(28)15(2)3/h7-13,16,18,23H,1,14-15,36H2,2-6H3;6-9,12-14,17,19-20H,1,10-11,15-16,36H2,2-5H3;6-12,15,17,22H,1,13-14,35H2,2-5H3,(H,38,43). The van der Waals surface area contributed by atoms with Gasteiger partial charge < -0.3 is 56.8 Å². The van der Waals surface area contributed by atoms with E-state index in [1.54, 1.807) is 88.5 Å². The van der Waals surface area contributed by atoms with Gasteiger partial charge in [-0.3, -0.25) is 67.0 Å². The first kappa shape index (κ1) is 91.5. The number of hydrogen-bond acceptors (Lipinski definition) is 20. The lowest BCUT2D eigenvalue weighted by atomic mass is 9.91. The van der Waals surface area contributed by atoms with Crippen LogP contribution in [0.5, 0.6) is 0 Å². The summed E-state index contributed by atoms with van der Waals surface area (Å²) in [6, 6.07) is 21.3. The van der Waals surface area contributed by atoms with Gasteiger partial charge in [-0.2, -0.15) is 0 Å². The minimum Gasteiger partial charge on any atom is -0.398 e. The predicted octanol–water partition coefficient (Wildman–Crippen LogP) is 15.4. The summed E-state index contributed by atoms with van der Waals surface area (Å²) in [5.74, 6) is -3.36. The fourth-order valence-electron chi connectivity index (χ4n) is 19.3. The molecule has 132 heavy (non-hydrogen) atoms. The lowest BCUT2D eigenvalue weighted by Gasteiger charge is -2.49. The average Bonchev–Trinajstić information content (AvgIpc) is 0.703. The fraction of sp³-hybridized carbons (Fsp3) is 0.306. The van der Waals surface area contributed by atoms with Crippen molar-refractivity contribution in [3.8, 4) is 50.8 Å². The molecule has 6 aliphatic heterocycles. The van der Waals surface area contributed by atoms with E-state index in [2.05, 4.69) is 44.9 Å². The zero-order valence-electron chi connectivity index (χ0n) is 75.0. The molecule has 34 heteroatoms. The van der Waals surface area contributed by atoms with Crippen molar-refractivity contribution < 1.29 is 37.1 Å². The Morgan fingerprint density at radius 2 is 0.818 bits per heavy atom. The first-order valence-corrected chi connectivity index (χ1v) is 44.5. The van der Waals surface area contributed by atoms with Gasteiger partial charge in [-0.1, -0.05) is 114 Å². The second-order valence-corrected chi connectivity index (χ2v) is 36.3. The van der Waals surface area contributed by atoms with Crippen molar-refractivity contribution in [2.24, 2.45) is 0 Å². The number of aromatic nitrogens is 9. The molecule has 0 saturated carbocycles. The van der Waals surface area contributed by atoms with Gasteiger partial charge in [0.25, 0.3) is 22.6 Å². The van der Waals surface area contributed by atoms with Crippen molar-refractivity contribution in [2.45, 2.75) is 150 Å². The lowest BCUT2D eigenvalue weighted by Crippen LogP contribution is -2.66. The molecule has 7 N–H and O–H groups in total. The van der Waals surface area contributed by atoms with Crippen LogP contribution in [0.3, 0.4) is 0 Å². The second kappa shape index (κ2) is 35.5. The van der Waals surface area contributed by atoms with Crippen LogP contribution in [0.4, 0.5) is 58.7 Å². The van der Waals surface area contributed by atoms with Gasteiger partial charge in [0.05, 0.1) is 113 Å². The fourth-order valence-corrected chi connectivity index (χ4v) is 20.1. The van der Waals surface area contributed by atoms with Crippen molar-refractivity contribution in [3.63, 3.8) is 0 Å². The number of nitrogens with two attached hydrogens (primary N) is 3. The molecule has 3 aromatic carbocycles. The van der Waals surface area contributed by atoms with E-state index in [1.165, 1.54) is 68.7 Å². The zero-order valence-corrected chi connectivity index (χ0v) is 77.3. The largest absolute Gasteiger partial charge is 0.398 e. The molecule has 6 atom stereocenters. The Morgan fingerprint density at radius 3 is 1.21 bits per heavy atom. The molecule has 0 spiro atoms. The summed E-state index contributed by atoms with van der Waals surface area (Å²) in [6.07, 6.45) is 10.1. The van der Waals surface area contributed by atoms with Crippen LogP contribution in [-0.2, 0) is 30.4 Å². The molecule has 0 aliphatic carbocycles. The molecule has 680 valence electrons. The van der Waals surface area contributed by atoms with Crippen LogP contribution < -0.4 is 58.8 Å². The minimum absolute atomic E-state index is 0.00179. The Balaban J connectivity index is 0.000000144. The van der Waals surface area contributed by atoms with E-state index < -0.39 is 46.6 Å². The summed E-state index contributed by atoms with van der Waals surface area (Å²) in [5.41, 5.74) is 27.7. The Labute approximate surface area is 773 Å². The first-order valence-electron chi connectivity index (χ1n) is 43.4. The molecular formula is C98H98Cl3F3N20O8. The minimum atomic E-state index is -0.784. The number of halogens is 6. The molecule has 6 unspecified atom stereocenters. The average molecular weight is 1850 g/mol. The zero-order chi connectivity index (χ0) is 94.8. The number of carbonyl (C=O) groups is 5. The van der Waals surface area contributed by atoms with Crippen molar-refractivity contribution in [1.29, 1.82) is 0 Å². The SMILES string of the molecule is C=CC(=O)N1CC2C(=O)N(C)c3c(c4cc(Cl)c(-c5c(N)cccc5F)nc4n(-c4c(C)ccnc4C(C)C)c3=O)N2CC1C.C=CC(=O)N1CC2C(=O)Nc3c(c4cc(Cl)c(-c5c(N)cccc5F)nc4n(-c4c(C)ccnc4C(C)C)c3=O)N2CC1C.C=CC(=O)N1CC2CCc3c(c4cc(Cl)c(-c5c(N)cccc5F)nc4n(-c4c(C)ccnc4C(C)C)c3=O)N2CC1C. The number of anilines is 8. The Bertz CT molecular complexity index is 7080. The summed E-state index contributed by atoms with van der Waals surface area (Å²) in [6.45, 7) is 36.0. The third-order valence-corrected chi connectivity index (χ3v) is 26.6. The van der Waals surface area contributed by atoms with E-state index in [0.29, 0.717) is 93.1 Å². The van der Waals surface area contributed by atoms with E-state index in [4.69, 9.17) is 67.0 Å². The van der Waals surface area contributed by atoms with E-state index in [9.17, 15) is 38.4 Å². The number of benzene rings is 3. The molecule has 28 nitrogen and oxygen atoms in total. The number of nitrogens with one attached hydrogen (secondary N) is 1. The van der Waals surface area contributed by atoms with Gasteiger partial charge in [-0.05, 0) is 180 Å². The molecule has 6 aliphatic rings. The molecule has 18 rings (SSSR count). The van der Waals surface area contributed by atoms with Crippen LogP contribution in [-0.4, -0.2) is 170 Å². The highest BCUT2D eigenvalue weighted by Gasteiger charge is 2.49. The van der Waals surface area contributed by atoms with Crippen LogP contribution in [0.1, 0.15) is 126 Å². The summed E-state index contributed by atoms with van der Waals surface area (Å²) in [4.78, 5) is 150. The normalized spacial score (nSPS) is 18.0. The van der Waals surface area contributed by atoms with Crippen LogP contribution in [0.2, 0.25) is 15.1 Å². The van der Waals surface area contributed by atoms with Gasteiger partial charge in [0.1, 0.15) is 46.6 Å². The quantitative estimate of drug-likeness (QED) is 0.0652. The van der Waals surface area contributed by atoms with Crippen molar-refractivity contribution in [2.75, 3.05) is 88.4 Å². The number of amides is 5. The number of likely N-dealkylation sites (N-methyl/N-ethyl adjacent to an activating group) is 1. The molecule has 12 aromatic rings. The topological polar surface area (TPSA) is 341 Å². The molecule has 15 heterocycles. The Kier molecular flexibility index (Phi) is 24.6. The molecule has 0 bridgehead atoms. The Morgan fingerprint density at radius 1 is 0.462 bits per heavy atom. The van der Waals surface area contributed by atoms with Crippen LogP contribution >= 0.6 is 34.8 Å². The molecule has 5 amide bonds. The highest BCUT2D eigenvalue weighted by atomic mass is 35.5. The molecule has 3 fully saturated rings. The van der Waals surface area contributed by atoms with Gasteiger partial charge in [0.2, 0.25) is 23.6 Å². The van der Waals surface area contributed by atoms with Gasteiger partial charge >= 0.3 is 0 Å². The number of nitrogen functional groups attached to an aromatic ring is 3. The Hall–Kier alpha value is -13.8. The number of carbonyl (C=O) groups excluding carboxylic acids is 5. The van der Waals surface area contributed by atoms with Crippen LogP contribution in [0.25, 0.3) is 83.9 Å². The van der Waals surface area contributed by atoms with Gasteiger partial charge in [-0.15, -0.1) is 0 Å². The summed E-state index contributed by atoms with van der Waals surface area (Å²) < 4.78 is 50.2. The van der Waals surface area contributed by atoms with Crippen molar-refractivity contribution >= 4 is 143 Å². The van der Waals surface area contributed by atoms with Crippen LogP contribution in [0, 0.1) is 38.2 Å². The number of hydrogen-bond donors (Lipinski definition) is 4. The van der Waals surface area contributed by atoms with Crippen molar-refractivity contribution in [1.82, 2.24) is 58.3 Å². The highest BCUT2D eigenvalue weighted by Crippen LogP contribution is 2.49. The molecular weight excluding hydrogens is 1750 g/mol. The monoisotopic (exact) mass is 1840 g/mol. The number of aryl methyl sites for hydroxylation is 3. The maximum atomic E-state index is 15.3. The third-order valence-electron chi connectivity index (χ3n) is 25.7. The van der Waals surface area contributed by atoms with E-state index in [-0.39, 0.29) is 186 Å². The number of piperazine rings is 3. The third kappa shape index (κ3) is 15.3. The number of fused-ring (bicyclic) bond motifs is 15. The molecule has 9 aromatic heterocycles. The number of pyridine rings is 9. The predicted molar refractivity (Wildman–Crippen MR) is 514 cm³/mol. The summed E-state index contributed by atoms with van der Waals surface area (Å²) in [5, 5.41) is 4.88. The van der Waals surface area contributed by atoms with Gasteiger partial charge in [0.15, 0.2) is 11.3 Å². The van der Waals surface area contributed by atoms with Crippen LogP contribution in [0.15, 0.2) is 162 Å². The smallest absolute Gasteiger partial charge is 0.283 e. The summed E-state index contributed by atoms with van der Waals surface area (Å²) >= 11 is 20.6. The van der Waals surface area contributed by atoms with Gasteiger partial charge in [-0.25, -0.2) is 28.1 Å². The van der Waals surface area contributed by atoms with Gasteiger partial charge in [0, 0.05) is 115 Å². The van der Waals surface area contributed by atoms with Crippen molar-refractivity contribution in [3.05, 3.63) is 250 Å². The molecule has 3 saturated heterocycles. The molecule has 0 radical (unpaired) electrons. The first-order chi connectivity index (χ1) is 62.8. The maximum absolute atomic E-state index is 15.3. The number of rotatable bonds is 12. The van der Waals surface area contributed by atoms with E-state index in [1.807, 2.05) is 104 Å². The lowest BCUT2D eigenvalue weighted by molar-refractivity contribution is -0.132.